The van der Waals surface area contributed by atoms with Gasteiger partial charge in [0.05, 0.1) is 18.7 Å². The first-order valence-corrected chi connectivity index (χ1v) is 8.14. The van der Waals surface area contributed by atoms with Gasteiger partial charge in [-0.2, -0.15) is 4.31 Å². The lowest BCUT2D eigenvalue weighted by Gasteiger charge is -2.25. The van der Waals surface area contributed by atoms with E-state index in [-0.39, 0.29) is 23.6 Å². The van der Waals surface area contributed by atoms with Crippen molar-refractivity contribution in [1.82, 2.24) is 9.29 Å². The van der Waals surface area contributed by atoms with Crippen LogP contribution in [-0.2, 0) is 14.8 Å². The summed E-state index contributed by atoms with van der Waals surface area (Å²) in [5.41, 5.74) is 5.85. The Morgan fingerprint density at radius 2 is 2.29 bits per heavy atom. The molecule has 1 aromatic rings. The van der Waals surface area contributed by atoms with E-state index in [1.807, 2.05) is 6.92 Å². The third-order valence-electron chi connectivity index (χ3n) is 3.53. The van der Waals surface area contributed by atoms with Crippen molar-refractivity contribution < 1.29 is 13.2 Å². The van der Waals surface area contributed by atoms with Crippen LogP contribution in [0.25, 0.3) is 0 Å². The molecular weight excluding hydrogens is 290 g/mol. The van der Waals surface area contributed by atoms with Crippen LogP contribution in [0.2, 0.25) is 0 Å². The molecule has 1 aromatic heterocycles. The Morgan fingerprint density at radius 1 is 1.52 bits per heavy atom. The van der Waals surface area contributed by atoms with Crippen LogP contribution in [0.4, 0.5) is 0 Å². The fourth-order valence-electron chi connectivity index (χ4n) is 2.32. The second kappa shape index (κ2) is 6.54. The first kappa shape index (κ1) is 15.9. The molecule has 2 rings (SSSR count). The Hall–Kier alpha value is -1.46. The van der Waals surface area contributed by atoms with E-state index in [2.05, 4.69) is 16.8 Å². The van der Waals surface area contributed by atoms with E-state index in [0.717, 1.165) is 0 Å². The van der Waals surface area contributed by atoms with Crippen molar-refractivity contribution in [1.29, 1.82) is 0 Å². The minimum Gasteiger partial charge on any atom is -0.377 e. The summed E-state index contributed by atoms with van der Waals surface area (Å²) in [6.45, 7) is 2.67. The van der Waals surface area contributed by atoms with Crippen molar-refractivity contribution in [2.75, 3.05) is 20.2 Å². The van der Waals surface area contributed by atoms with Crippen LogP contribution in [0.3, 0.4) is 0 Å². The van der Waals surface area contributed by atoms with E-state index in [9.17, 15) is 8.42 Å². The summed E-state index contributed by atoms with van der Waals surface area (Å²) in [6, 6.07) is 1.36. The molecule has 0 saturated carbocycles. The molecule has 1 saturated heterocycles. The lowest BCUT2D eigenvalue weighted by Crippen LogP contribution is -2.40. The fourth-order valence-corrected chi connectivity index (χ4v) is 3.76. The Bertz CT molecular complexity index is 664. The van der Waals surface area contributed by atoms with E-state index >= 15 is 0 Å². The summed E-state index contributed by atoms with van der Waals surface area (Å²) in [7, 11) is -2.04. The minimum absolute atomic E-state index is 0.113. The Balaban J connectivity index is 2.30. The van der Waals surface area contributed by atoms with E-state index in [0.29, 0.717) is 18.6 Å². The Morgan fingerprint density at radius 3 is 2.90 bits per heavy atom. The smallest absolute Gasteiger partial charge is 0.244 e. The third kappa shape index (κ3) is 3.41. The van der Waals surface area contributed by atoms with Gasteiger partial charge in [-0.05, 0) is 19.4 Å². The van der Waals surface area contributed by atoms with Gasteiger partial charge in [0.1, 0.15) is 4.90 Å². The van der Waals surface area contributed by atoms with Crippen LogP contribution in [0, 0.1) is 11.8 Å². The summed E-state index contributed by atoms with van der Waals surface area (Å²) >= 11 is 0. The summed E-state index contributed by atoms with van der Waals surface area (Å²) < 4.78 is 32.1. The number of hydrogen-bond acceptors (Lipinski definition) is 5. The normalized spacial score (nSPS) is 22.1. The predicted molar refractivity (Wildman–Crippen MR) is 78.9 cm³/mol. The molecule has 2 heterocycles. The molecule has 2 N–H and O–H groups in total. The minimum atomic E-state index is -3.61. The number of pyridine rings is 1. The summed E-state index contributed by atoms with van der Waals surface area (Å²) in [5.74, 6) is 5.47. The van der Waals surface area contributed by atoms with E-state index in [1.54, 1.807) is 7.05 Å². The standard InChI is InChI=1S/C14H19N3O3S/c1-11-14(5-7-20-11)17(2)21(18,19)13-8-12(4-3-6-15)9-16-10-13/h8-11,14H,5-7,15H2,1-2H3. The molecule has 0 bridgehead atoms. The maximum Gasteiger partial charge on any atom is 0.244 e. The third-order valence-corrected chi connectivity index (χ3v) is 5.38. The van der Waals surface area contributed by atoms with Gasteiger partial charge in [-0.1, -0.05) is 11.8 Å². The van der Waals surface area contributed by atoms with Crippen molar-refractivity contribution in [3.05, 3.63) is 24.0 Å². The van der Waals surface area contributed by atoms with Gasteiger partial charge < -0.3 is 10.5 Å². The highest BCUT2D eigenvalue weighted by Crippen LogP contribution is 2.24. The number of sulfonamides is 1. The Labute approximate surface area is 125 Å². The number of nitrogens with two attached hydrogens (primary N) is 1. The quantitative estimate of drug-likeness (QED) is 0.806. The number of ether oxygens (including phenoxy) is 1. The topological polar surface area (TPSA) is 85.5 Å². The Kier molecular flexibility index (Phi) is 4.96. The molecule has 1 aliphatic heterocycles. The molecule has 7 heteroatoms. The molecule has 0 aromatic carbocycles. The second-order valence-corrected chi connectivity index (χ2v) is 6.87. The predicted octanol–water partition coefficient (Wildman–Crippen LogP) is 0.190. The number of rotatable bonds is 3. The SMILES string of the molecule is CC1OCCC1N(C)S(=O)(=O)c1cncc(C#CCN)c1. The first-order chi connectivity index (χ1) is 9.96. The fraction of sp³-hybridized carbons (Fsp3) is 0.500. The molecule has 21 heavy (non-hydrogen) atoms. The highest BCUT2D eigenvalue weighted by Gasteiger charge is 2.35. The van der Waals surface area contributed by atoms with Gasteiger partial charge in [-0.3, -0.25) is 4.98 Å². The number of likely N-dealkylation sites (N-methyl/N-ethyl adjacent to an activating group) is 1. The molecule has 6 nitrogen and oxygen atoms in total. The largest absolute Gasteiger partial charge is 0.377 e. The van der Waals surface area contributed by atoms with E-state index in [4.69, 9.17) is 10.5 Å². The van der Waals surface area contributed by atoms with Gasteiger partial charge in [0.2, 0.25) is 10.0 Å². The molecule has 2 atom stereocenters. The monoisotopic (exact) mass is 309 g/mol. The average Bonchev–Trinajstić information content (AvgIpc) is 2.90. The molecule has 0 aliphatic carbocycles. The molecule has 0 spiro atoms. The van der Waals surface area contributed by atoms with Gasteiger partial charge >= 0.3 is 0 Å². The molecule has 0 radical (unpaired) electrons. The zero-order chi connectivity index (χ0) is 15.5. The summed E-state index contributed by atoms with van der Waals surface area (Å²) in [6.07, 6.45) is 3.43. The highest BCUT2D eigenvalue weighted by molar-refractivity contribution is 7.89. The molecule has 0 amide bonds. The summed E-state index contributed by atoms with van der Waals surface area (Å²) in [4.78, 5) is 4.08. The van der Waals surface area contributed by atoms with Crippen LogP contribution < -0.4 is 5.73 Å². The van der Waals surface area contributed by atoms with Crippen LogP contribution >= 0.6 is 0 Å². The number of nitrogens with zero attached hydrogens (tertiary/aromatic N) is 2. The van der Waals surface area contributed by atoms with Gasteiger partial charge in [0.25, 0.3) is 0 Å². The lowest BCUT2D eigenvalue weighted by molar-refractivity contribution is 0.102. The second-order valence-electron chi connectivity index (χ2n) is 4.87. The maximum atomic E-state index is 12.6. The molecule has 114 valence electrons. The zero-order valence-electron chi connectivity index (χ0n) is 12.1. The van der Waals surface area contributed by atoms with Crippen molar-refractivity contribution in [2.24, 2.45) is 5.73 Å². The number of aromatic nitrogens is 1. The summed E-state index contributed by atoms with van der Waals surface area (Å²) in [5, 5.41) is 0. The molecular formula is C14H19N3O3S. The zero-order valence-corrected chi connectivity index (χ0v) is 12.9. The highest BCUT2D eigenvalue weighted by atomic mass is 32.2. The van der Waals surface area contributed by atoms with Gasteiger partial charge in [0, 0.05) is 31.6 Å². The van der Waals surface area contributed by atoms with Gasteiger partial charge in [0.15, 0.2) is 0 Å². The van der Waals surface area contributed by atoms with Crippen LogP contribution in [0.15, 0.2) is 23.4 Å². The van der Waals surface area contributed by atoms with Crippen molar-refractivity contribution >= 4 is 10.0 Å². The van der Waals surface area contributed by atoms with Crippen LogP contribution in [0.1, 0.15) is 18.9 Å². The molecule has 2 unspecified atom stereocenters. The van der Waals surface area contributed by atoms with Gasteiger partial charge in [-0.25, -0.2) is 8.42 Å². The average molecular weight is 309 g/mol. The van der Waals surface area contributed by atoms with Gasteiger partial charge in [-0.15, -0.1) is 0 Å². The van der Waals surface area contributed by atoms with Crippen molar-refractivity contribution in [3.63, 3.8) is 0 Å². The van der Waals surface area contributed by atoms with Crippen molar-refractivity contribution in [3.8, 4) is 11.8 Å². The number of hydrogen-bond donors (Lipinski definition) is 1. The molecule has 1 aliphatic rings. The van der Waals surface area contributed by atoms with Crippen LogP contribution in [0.5, 0.6) is 0 Å². The first-order valence-electron chi connectivity index (χ1n) is 6.70. The van der Waals surface area contributed by atoms with Crippen LogP contribution in [-0.4, -0.2) is 50.1 Å². The van der Waals surface area contributed by atoms with Crippen molar-refractivity contribution in [2.45, 2.75) is 30.4 Å². The maximum absolute atomic E-state index is 12.6. The van der Waals surface area contributed by atoms with E-state index in [1.165, 1.54) is 22.8 Å². The lowest BCUT2D eigenvalue weighted by atomic mass is 10.2. The van der Waals surface area contributed by atoms with E-state index < -0.39 is 10.0 Å². The molecule has 1 fully saturated rings.